The van der Waals surface area contributed by atoms with Gasteiger partial charge in [0.15, 0.2) is 0 Å². The Morgan fingerprint density at radius 2 is 2.06 bits per heavy atom. The summed E-state index contributed by atoms with van der Waals surface area (Å²) in [5.41, 5.74) is 0. The van der Waals surface area contributed by atoms with E-state index in [2.05, 4.69) is 10.6 Å². The first kappa shape index (κ1) is 13.3. The molecule has 2 rings (SSSR count). The van der Waals surface area contributed by atoms with Crippen LogP contribution in [-0.2, 0) is 9.59 Å². The molecule has 2 N–H and O–H groups in total. The van der Waals surface area contributed by atoms with Crippen LogP contribution in [0, 0.1) is 5.92 Å². The largest absolute Gasteiger partial charge is 0.357 e. The van der Waals surface area contributed by atoms with Crippen LogP contribution in [-0.4, -0.2) is 49.4 Å². The molecule has 2 fully saturated rings. The SMILES string of the molecule is CNC(=O)C1CCCCN1C(=O)[C@@H]1CCCNC1. The van der Waals surface area contributed by atoms with Crippen molar-refractivity contribution in [3.63, 3.8) is 0 Å². The summed E-state index contributed by atoms with van der Waals surface area (Å²) >= 11 is 0. The maximum Gasteiger partial charge on any atom is 0.242 e. The summed E-state index contributed by atoms with van der Waals surface area (Å²) in [6.07, 6.45) is 4.84. The van der Waals surface area contributed by atoms with E-state index in [4.69, 9.17) is 0 Å². The summed E-state index contributed by atoms with van der Waals surface area (Å²) in [6.45, 7) is 2.49. The van der Waals surface area contributed by atoms with Crippen molar-refractivity contribution in [2.24, 2.45) is 5.92 Å². The first-order chi connectivity index (χ1) is 8.74. The van der Waals surface area contributed by atoms with Crippen LogP contribution in [0.2, 0.25) is 0 Å². The van der Waals surface area contributed by atoms with Crippen molar-refractivity contribution in [2.75, 3.05) is 26.7 Å². The Morgan fingerprint density at radius 3 is 2.72 bits per heavy atom. The first-order valence-corrected chi connectivity index (χ1v) is 6.97. The number of nitrogens with zero attached hydrogens (tertiary/aromatic N) is 1. The molecule has 2 atom stereocenters. The number of nitrogens with one attached hydrogen (secondary N) is 2. The van der Waals surface area contributed by atoms with Crippen LogP contribution in [0.1, 0.15) is 32.1 Å². The van der Waals surface area contributed by atoms with E-state index in [1.807, 2.05) is 0 Å². The molecule has 0 saturated carbocycles. The number of likely N-dealkylation sites (tertiary alicyclic amines) is 1. The molecule has 0 bridgehead atoms. The van der Waals surface area contributed by atoms with E-state index in [1.54, 1.807) is 11.9 Å². The van der Waals surface area contributed by atoms with E-state index in [9.17, 15) is 9.59 Å². The van der Waals surface area contributed by atoms with Crippen LogP contribution in [0.15, 0.2) is 0 Å². The lowest BCUT2D eigenvalue weighted by atomic mass is 9.94. The van der Waals surface area contributed by atoms with Gasteiger partial charge in [0.1, 0.15) is 6.04 Å². The molecule has 2 amide bonds. The molecule has 2 saturated heterocycles. The molecule has 0 spiro atoms. The second kappa shape index (κ2) is 6.18. The lowest BCUT2D eigenvalue weighted by Gasteiger charge is -2.37. The van der Waals surface area contributed by atoms with Crippen molar-refractivity contribution in [1.29, 1.82) is 0 Å². The van der Waals surface area contributed by atoms with Crippen molar-refractivity contribution < 1.29 is 9.59 Å². The average molecular weight is 253 g/mol. The molecule has 0 aromatic carbocycles. The second-order valence-corrected chi connectivity index (χ2v) is 5.20. The van der Waals surface area contributed by atoms with E-state index >= 15 is 0 Å². The van der Waals surface area contributed by atoms with Crippen LogP contribution in [0.5, 0.6) is 0 Å². The van der Waals surface area contributed by atoms with Crippen molar-refractivity contribution in [2.45, 2.75) is 38.1 Å². The Labute approximate surface area is 108 Å². The molecule has 5 nitrogen and oxygen atoms in total. The normalized spacial score (nSPS) is 28.8. The summed E-state index contributed by atoms with van der Waals surface area (Å²) in [6, 6.07) is -0.252. The van der Waals surface area contributed by atoms with Crippen LogP contribution in [0.4, 0.5) is 0 Å². The van der Waals surface area contributed by atoms with Gasteiger partial charge in [-0.2, -0.15) is 0 Å². The minimum Gasteiger partial charge on any atom is -0.357 e. The minimum absolute atomic E-state index is 0.0215. The maximum atomic E-state index is 12.5. The minimum atomic E-state index is -0.252. The third-order valence-electron chi connectivity index (χ3n) is 3.98. The third kappa shape index (κ3) is 2.83. The molecule has 0 aromatic heterocycles. The number of carbonyl (C=O) groups is 2. The molecule has 0 aromatic rings. The van der Waals surface area contributed by atoms with Gasteiger partial charge in [0.2, 0.25) is 11.8 Å². The molecular weight excluding hydrogens is 230 g/mol. The number of likely N-dealkylation sites (N-methyl/N-ethyl adjacent to an activating group) is 1. The zero-order valence-electron chi connectivity index (χ0n) is 11.1. The molecule has 18 heavy (non-hydrogen) atoms. The third-order valence-corrected chi connectivity index (χ3v) is 3.98. The van der Waals surface area contributed by atoms with E-state index < -0.39 is 0 Å². The molecule has 2 aliphatic rings. The van der Waals surface area contributed by atoms with E-state index in [0.717, 1.165) is 51.7 Å². The summed E-state index contributed by atoms with van der Waals surface area (Å²) in [5.74, 6) is 0.200. The van der Waals surface area contributed by atoms with Gasteiger partial charge in [-0.3, -0.25) is 9.59 Å². The number of hydrogen-bond acceptors (Lipinski definition) is 3. The van der Waals surface area contributed by atoms with Gasteiger partial charge in [-0.1, -0.05) is 0 Å². The van der Waals surface area contributed by atoms with Crippen LogP contribution in [0.3, 0.4) is 0 Å². The van der Waals surface area contributed by atoms with E-state index in [-0.39, 0.29) is 23.8 Å². The monoisotopic (exact) mass is 253 g/mol. The molecular formula is C13H23N3O2. The van der Waals surface area contributed by atoms with Gasteiger partial charge in [0.05, 0.1) is 5.92 Å². The predicted octanol–water partition coefficient (Wildman–Crippen LogP) is 0.113. The van der Waals surface area contributed by atoms with Gasteiger partial charge in [-0.25, -0.2) is 0 Å². The topological polar surface area (TPSA) is 61.4 Å². The standard InChI is InChI=1S/C13H23N3O2/c1-14-12(17)11-6-2-3-8-16(11)13(18)10-5-4-7-15-9-10/h10-11,15H,2-9H2,1H3,(H,14,17)/t10-,11?/m1/s1. The highest BCUT2D eigenvalue weighted by Crippen LogP contribution is 2.22. The van der Waals surface area contributed by atoms with Crippen molar-refractivity contribution in [3.05, 3.63) is 0 Å². The van der Waals surface area contributed by atoms with Crippen molar-refractivity contribution in [3.8, 4) is 0 Å². The zero-order valence-corrected chi connectivity index (χ0v) is 11.1. The van der Waals surface area contributed by atoms with Crippen molar-refractivity contribution >= 4 is 11.8 Å². The summed E-state index contributed by atoms with van der Waals surface area (Å²) in [4.78, 5) is 26.1. The highest BCUT2D eigenvalue weighted by atomic mass is 16.2. The highest BCUT2D eigenvalue weighted by molar-refractivity contribution is 5.88. The zero-order chi connectivity index (χ0) is 13.0. The molecule has 5 heteroatoms. The lowest BCUT2D eigenvalue weighted by molar-refractivity contribution is -0.145. The second-order valence-electron chi connectivity index (χ2n) is 5.20. The van der Waals surface area contributed by atoms with Gasteiger partial charge < -0.3 is 15.5 Å². The highest BCUT2D eigenvalue weighted by Gasteiger charge is 2.35. The maximum absolute atomic E-state index is 12.5. The number of piperidine rings is 2. The Morgan fingerprint density at radius 1 is 1.22 bits per heavy atom. The molecule has 2 heterocycles. The molecule has 1 unspecified atom stereocenters. The van der Waals surface area contributed by atoms with Crippen LogP contribution in [0.25, 0.3) is 0 Å². The van der Waals surface area contributed by atoms with Gasteiger partial charge >= 0.3 is 0 Å². The first-order valence-electron chi connectivity index (χ1n) is 6.97. The predicted molar refractivity (Wildman–Crippen MR) is 69.0 cm³/mol. The average Bonchev–Trinajstić information content (AvgIpc) is 2.46. The molecule has 102 valence electrons. The summed E-state index contributed by atoms with van der Waals surface area (Å²) < 4.78 is 0. The van der Waals surface area contributed by atoms with E-state index in [0.29, 0.717) is 0 Å². The Bertz CT molecular complexity index is 313. The molecule has 0 radical (unpaired) electrons. The summed E-state index contributed by atoms with van der Waals surface area (Å²) in [5, 5.41) is 5.94. The molecule has 2 aliphatic heterocycles. The van der Waals surface area contributed by atoms with Gasteiger partial charge in [-0.05, 0) is 38.6 Å². The number of hydrogen-bond donors (Lipinski definition) is 2. The Balaban J connectivity index is 2.03. The Hall–Kier alpha value is -1.10. The van der Waals surface area contributed by atoms with Crippen LogP contribution < -0.4 is 10.6 Å². The van der Waals surface area contributed by atoms with Gasteiger partial charge in [0.25, 0.3) is 0 Å². The van der Waals surface area contributed by atoms with Gasteiger partial charge in [-0.15, -0.1) is 0 Å². The number of carbonyl (C=O) groups excluding carboxylic acids is 2. The fraction of sp³-hybridized carbons (Fsp3) is 0.846. The Kier molecular flexibility index (Phi) is 4.58. The van der Waals surface area contributed by atoms with Gasteiger partial charge in [0, 0.05) is 20.1 Å². The lowest BCUT2D eigenvalue weighted by Crippen LogP contribution is -2.54. The van der Waals surface area contributed by atoms with Crippen LogP contribution >= 0.6 is 0 Å². The number of amides is 2. The summed E-state index contributed by atoms with van der Waals surface area (Å²) in [7, 11) is 1.64. The fourth-order valence-corrected chi connectivity index (χ4v) is 2.93. The van der Waals surface area contributed by atoms with Crippen molar-refractivity contribution in [1.82, 2.24) is 15.5 Å². The quantitative estimate of drug-likeness (QED) is 0.734. The van der Waals surface area contributed by atoms with E-state index in [1.165, 1.54) is 0 Å². The smallest absolute Gasteiger partial charge is 0.242 e. The molecule has 0 aliphatic carbocycles. The number of rotatable bonds is 2. The fourth-order valence-electron chi connectivity index (χ4n) is 2.93.